The number of amides is 2. The summed E-state index contributed by atoms with van der Waals surface area (Å²) in [6.07, 6.45) is 1.51. The van der Waals surface area contributed by atoms with Crippen LogP contribution in [0.25, 0.3) is 16.3 Å². The van der Waals surface area contributed by atoms with E-state index < -0.39 is 24.0 Å². The van der Waals surface area contributed by atoms with Gasteiger partial charge < -0.3 is 10.6 Å². The highest BCUT2D eigenvalue weighted by atomic mass is 19.4. The average molecular weight is 506 g/mol. The number of rotatable bonds is 6. The van der Waals surface area contributed by atoms with E-state index in [1.165, 1.54) is 34.9 Å². The quantitative estimate of drug-likeness (QED) is 0.308. The third-order valence-electron chi connectivity index (χ3n) is 5.88. The van der Waals surface area contributed by atoms with E-state index in [1.807, 2.05) is 29.6 Å². The van der Waals surface area contributed by atoms with Crippen molar-refractivity contribution in [1.29, 1.82) is 0 Å². The highest BCUT2D eigenvalue weighted by molar-refractivity contribution is 6.00. The molecule has 4 N–H and O–H groups in total. The number of nitrogens with zero attached hydrogens (tertiary/aromatic N) is 2. The molecule has 11 heteroatoms. The summed E-state index contributed by atoms with van der Waals surface area (Å²) in [5, 5.41) is 6.67. The van der Waals surface area contributed by atoms with Crippen LogP contribution in [-0.4, -0.2) is 28.0 Å². The molecular weight excluding hydrogens is 485 g/mol. The fourth-order valence-electron chi connectivity index (χ4n) is 4.13. The Morgan fingerprint density at radius 3 is 2.57 bits per heavy atom. The zero-order valence-electron chi connectivity index (χ0n) is 19.2. The van der Waals surface area contributed by atoms with Gasteiger partial charge in [-0.25, -0.2) is 9.97 Å². The lowest BCUT2D eigenvalue weighted by atomic mass is 10.1. The number of halogens is 3. The van der Waals surface area contributed by atoms with Crippen molar-refractivity contribution < 1.29 is 32.1 Å². The van der Waals surface area contributed by atoms with Crippen LogP contribution in [-0.2, 0) is 6.54 Å². The molecule has 0 radical (unpaired) electrons. The molecule has 2 amide bonds. The maximum Gasteiger partial charge on any atom is 0.418 e. The van der Waals surface area contributed by atoms with E-state index in [-0.39, 0.29) is 29.3 Å². The first-order valence-electron chi connectivity index (χ1n) is 11.3. The highest BCUT2D eigenvalue weighted by Gasteiger charge is 2.46. The molecule has 4 heterocycles. The molecule has 1 atom stereocenters. The van der Waals surface area contributed by atoms with E-state index in [2.05, 4.69) is 20.3 Å². The lowest BCUT2D eigenvalue weighted by Gasteiger charge is -2.17. The minimum Gasteiger partial charge on any atom is -0.341 e. The van der Waals surface area contributed by atoms with Gasteiger partial charge in [-0.05, 0) is 23.1 Å². The van der Waals surface area contributed by atoms with E-state index in [4.69, 9.17) is 0 Å². The number of imidazole rings is 1. The standard InChI is InChI=1S/C26H19F3N6O2/c27-26(28,29)22(19-9-3-5-11-31-19)34-24(36)21-20-10-4-6-12-35(20)23(33-21)25(37)32-15-17-14-30-13-16-7-1-2-8-18(16)17/h1-14,22H,15H2,(H2,32,34,36,37)/p+2. The molecular formula is C26H21F3N6O2+2. The number of nitrogens with one attached hydrogen (secondary N) is 4. The van der Waals surface area contributed by atoms with Crippen molar-refractivity contribution in [2.24, 2.45) is 0 Å². The van der Waals surface area contributed by atoms with Gasteiger partial charge in [-0.3, -0.25) is 14.6 Å². The minimum absolute atomic E-state index is 0.0104. The van der Waals surface area contributed by atoms with Crippen molar-refractivity contribution in [2.45, 2.75) is 18.8 Å². The van der Waals surface area contributed by atoms with Gasteiger partial charge in [0.15, 0.2) is 11.7 Å². The Bertz CT molecular complexity index is 1600. The number of carbonyl (C=O) groups excluding carboxylic acids is 2. The number of hydrogen-bond donors (Lipinski definition) is 3. The van der Waals surface area contributed by atoms with Crippen LogP contribution < -0.4 is 20.0 Å². The van der Waals surface area contributed by atoms with Crippen LogP contribution in [0.2, 0.25) is 0 Å². The van der Waals surface area contributed by atoms with Gasteiger partial charge in [0.25, 0.3) is 5.91 Å². The normalized spacial score (nSPS) is 12.4. The van der Waals surface area contributed by atoms with E-state index >= 15 is 0 Å². The van der Waals surface area contributed by atoms with Gasteiger partial charge in [0.2, 0.25) is 17.4 Å². The molecule has 1 aromatic carbocycles. The second-order valence-electron chi connectivity index (χ2n) is 8.27. The fraction of sp³-hybridized carbons (Fsp3) is 0.115. The molecule has 0 aliphatic rings. The molecule has 186 valence electrons. The summed E-state index contributed by atoms with van der Waals surface area (Å²) in [7, 11) is 0. The van der Waals surface area contributed by atoms with Crippen molar-refractivity contribution in [3.63, 3.8) is 0 Å². The summed E-state index contributed by atoms with van der Waals surface area (Å²) in [5.74, 6) is -1.57. The van der Waals surface area contributed by atoms with Gasteiger partial charge in [-0.1, -0.05) is 36.4 Å². The highest BCUT2D eigenvalue weighted by Crippen LogP contribution is 2.31. The van der Waals surface area contributed by atoms with Gasteiger partial charge in [0.05, 0.1) is 6.20 Å². The molecule has 0 aliphatic carbocycles. The molecule has 1 unspecified atom stereocenters. The fourth-order valence-corrected chi connectivity index (χ4v) is 4.13. The topological polar surface area (TPSA) is 105 Å². The van der Waals surface area contributed by atoms with Crippen molar-refractivity contribution >= 4 is 28.1 Å². The summed E-state index contributed by atoms with van der Waals surface area (Å²) in [5.41, 5.74) is 0.628. The number of fused-ring (bicyclic) bond motifs is 2. The van der Waals surface area contributed by atoms with Gasteiger partial charge >= 0.3 is 17.9 Å². The van der Waals surface area contributed by atoms with Crippen molar-refractivity contribution in [2.75, 3.05) is 0 Å². The molecule has 0 saturated heterocycles. The average Bonchev–Trinajstić information content (AvgIpc) is 3.30. The number of aromatic amines is 2. The zero-order chi connectivity index (χ0) is 26.0. The predicted octanol–water partition coefficient (Wildman–Crippen LogP) is 3.08. The number of benzene rings is 1. The van der Waals surface area contributed by atoms with E-state index in [9.17, 15) is 22.8 Å². The Hall–Kier alpha value is -4.80. The summed E-state index contributed by atoms with van der Waals surface area (Å²) in [6, 6.07) is 14.3. The number of carbonyl (C=O) groups is 2. The molecule has 5 rings (SSSR count). The van der Waals surface area contributed by atoms with Gasteiger partial charge in [0.1, 0.15) is 0 Å². The van der Waals surface area contributed by atoms with Crippen molar-refractivity contribution in [3.05, 3.63) is 108 Å². The second-order valence-corrected chi connectivity index (χ2v) is 8.27. The van der Waals surface area contributed by atoms with Gasteiger partial charge in [0, 0.05) is 36.5 Å². The Morgan fingerprint density at radius 1 is 1.00 bits per heavy atom. The van der Waals surface area contributed by atoms with Crippen LogP contribution in [0.15, 0.2) is 85.5 Å². The second kappa shape index (κ2) is 9.69. The van der Waals surface area contributed by atoms with Crippen LogP contribution in [0.1, 0.15) is 38.4 Å². The summed E-state index contributed by atoms with van der Waals surface area (Å²) < 4.78 is 42.8. The molecule has 8 nitrogen and oxygen atoms in total. The molecule has 5 aromatic rings. The largest absolute Gasteiger partial charge is 0.418 e. The number of aromatic nitrogens is 4. The molecule has 0 aliphatic heterocycles. The maximum absolute atomic E-state index is 13.8. The first-order chi connectivity index (χ1) is 17.8. The van der Waals surface area contributed by atoms with E-state index in [1.54, 1.807) is 30.7 Å². The van der Waals surface area contributed by atoms with Crippen LogP contribution in [0, 0.1) is 0 Å². The Morgan fingerprint density at radius 2 is 1.78 bits per heavy atom. The van der Waals surface area contributed by atoms with Gasteiger partial charge in [-0.2, -0.15) is 17.6 Å². The summed E-state index contributed by atoms with van der Waals surface area (Å²) in [6.45, 7) is 0.155. The molecule has 0 saturated carbocycles. The van der Waals surface area contributed by atoms with Crippen LogP contribution in [0.3, 0.4) is 0 Å². The number of H-pyrrole nitrogens is 2. The Balaban J connectivity index is 1.43. The van der Waals surface area contributed by atoms with Crippen molar-refractivity contribution in [1.82, 2.24) is 20.6 Å². The molecule has 0 bridgehead atoms. The lowest BCUT2D eigenvalue weighted by Crippen LogP contribution is -2.41. The number of alkyl halides is 3. The molecule has 4 aromatic heterocycles. The minimum atomic E-state index is -4.75. The SMILES string of the molecule is O=C(NC(c1cccc[nH+]1)C(F)(F)F)c1[nH]c(C(=O)NCc2cncc3ccccc23)[n+]2ccccc12. The van der Waals surface area contributed by atoms with Crippen LogP contribution in [0.5, 0.6) is 0 Å². The third kappa shape index (κ3) is 4.83. The zero-order valence-corrected chi connectivity index (χ0v) is 19.2. The number of pyridine rings is 3. The molecule has 37 heavy (non-hydrogen) atoms. The van der Waals surface area contributed by atoms with E-state index in [0.717, 1.165) is 16.3 Å². The summed E-state index contributed by atoms with van der Waals surface area (Å²) >= 11 is 0. The maximum atomic E-state index is 13.8. The summed E-state index contributed by atoms with van der Waals surface area (Å²) in [4.78, 5) is 35.6. The monoisotopic (exact) mass is 506 g/mol. The van der Waals surface area contributed by atoms with Crippen LogP contribution >= 0.6 is 0 Å². The smallest absolute Gasteiger partial charge is 0.341 e. The number of hydrogen-bond acceptors (Lipinski definition) is 3. The predicted molar refractivity (Wildman–Crippen MR) is 126 cm³/mol. The first kappa shape index (κ1) is 23.9. The lowest BCUT2D eigenvalue weighted by molar-refractivity contribution is -0.514. The Labute approximate surface area is 208 Å². The van der Waals surface area contributed by atoms with Crippen molar-refractivity contribution in [3.8, 4) is 0 Å². The van der Waals surface area contributed by atoms with Crippen LogP contribution in [0.4, 0.5) is 13.2 Å². The first-order valence-corrected chi connectivity index (χ1v) is 11.3. The molecule has 0 fully saturated rings. The van der Waals surface area contributed by atoms with E-state index in [0.29, 0.717) is 0 Å². The molecule has 0 spiro atoms. The Kier molecular flexibility index (Phi) is 6.26. The van der Waals surface area contributed by atoms with Gasteiger partial charge in [-0.15, -0.1) is 0 Å². The third-order valence-corrected chi connectivity index (χ3v) is 5.88.